The Balaban J connectivity index is 1.94. The molecule has 0 radical (unpaired) electrons. The van der Waals surface area contributed by atoms with Crippen molar-refractivity contribution in [2.24, 2.45) is 0 Å². The lowest BCUT2D eigenvalue weighted by atomic mass is 9.85. The molecule has 0 spiro atoms. The van der Waals surface area contributed by atoms with Gasteiger partial charge in [-0.1, -0.05) is 30.3 Å². The Hall–Kier alpha value is -1.61. The number of hydrogen-bond acceptors (Lipinski definition) is 3. The molecule has 3 rings (SSSR count). The van der Waals surface area contributed by atoms with E-state index in [0.29, 0.717) is 0 Å². The third kappa shape index (κ3) is 1.66. The fraction of sp³-hybridized carbons (Fsp3) is 0.400. The van der Waals surface area contributed by atoms with Crippen LogP contribution in [0.25, 0.3) is 0 Å². The lowest BCUT2D eigenvalue weighted by Gasteiger charge is -2.44. The van der Waals surface area contributed by atoms with E-state index in [1.807, 2.05) is 25.1 Å². The molecule has 1 saturated heterocycles. The molecule has 1 aromatic rings. The van der Waals surface area contributed by atoms with Gasteiger partial charge in [-0.25, -0.2) is 0 Å². The molecule has 3 heteroatoms. The summed E-state index contributed by atoms with van der Waals surface area (Å²) in [5, 5.41) is 3.37. The highest BCUT2D eigenvalue weighted by molar-refractivity contribution is 6.01. The number of carbonyl (C=O) groups is 1. The molecule has 1 fully saturated rings. The first-order valence-corrected chi connectivity index (χ1v) is 6.47. The van der Waals surface area contributed by atoms with Gasteiger partial charge in [-0.05, 0) is 12.5 Å². The van der Waals surface area contributed by atoms with Crippen LogP contribution in [0.5, 0.6) is 0 Å². The van der Waals surface area contributed by atoms with E-state index in [0.717, 1.165) is 31.8 Å². The maximum Gasteiger partial charge on any atom is 0.184 e. The maximum absolute atomic E-state index is 12.4. The summed E-state index contributed by atoms with van der Waals surface area (Å²) in [5.74, 6) is 0.246. The molecular formula is C15H18N2O. The first kappa shape index (κ1) is 11.5. The van der Waals surface area contributed by atoms with Gasteiger partial charge in [-0.2, -0.15) is 0 Å². The Bertz CT molecular complexity index is 494. The number of fused-ring (bicyclic) bond motifs is 1. The van der Waals surface area contributed by atoms with Crippen LogP contribution in [0.3, 0.4) is 0 Å². The lowest BCUT2D eigenvalue weighted by molar-refractivity contribution is -0.123. The number of nitrogens with zero attached hydrogens (tertiary/aromatic N) is 1. The molecule has 0 saturated carbocycles. The van der Waals surface area contributed by atoms with Crippen molar-refractivity contribution >= 4 is 5.78 Å². The van der Waals surface area contributed by atoms with Crippen molar-refractivity contribution in [1.29, 1.82) is 0 Å². The average molecular weight is 242 g/mol. The molecule has 2 aliphatic rings. The van der Waals surface area contributed by atoms with Gasteiger partial charge in [0.25, 0.3) is 0 Å². The summed E-state index contributed by atoms with van der Waals surface area (Å²) in [5.41, 5.74) is 1.95. The first-order valence-electron chi connectivity index (χ1n) is 6.47. The molecule has 0 aromatic heterocycles. The van der Waals surface area contributed by atoms with E-state index in [9.17, 15) is 4.79 Å². The lowest BCUT2D eigenvalue weighted by Crippen LogP contribution is -2.62. The molecule has 0 aliphatic carbocycles. The maximum atomic E-state index is 12.4. The monoisotopic (exact) mass is 242 g/mol. The third-order valence-corrected chi connectivity index (χ3v) is 4.01. The zero-order chi connectivity index (χ0) is 12.6. The Morgan fingerprint density at radius 2 is 2.11 bits per heavy atom. The second-order valence-corrected chi connectivity index (χ2v) is 5.17. The van der Waals surface area contributed by atoms with Gasteiger partial charge in [0.05, 0.1) is 0 Å². The molecule has 1 unspecified atom stereocenters. The number of ketones is 1. The highest BCUT2D eigenvalue weighted by Gasteiger charge is 2.48. The van der Waals surface area contributed by atoms with Crippen molar-refractivity contribution in [1.82, 2.24) is 10.2 Å². The van der Waals surface area contributed by atoms with E-state index >= 15 is 0 Å². The number of rotatable bonds is 2. The van der Waals surface area contributed by atoms with Gasteiger partial charge in [0, 0.05) is 37.8 Å². The number of piperazine rings is 1. The zero-order valence-corrected chi connectivity index (χ0v) is 10.6. The molecule has 1 aromatic carbocycles. The fourth-order valence-electron chi connectivity index (χ4n) is 3.11. The highest BCUT2D eigenvalue weighted by atomic mass is 16.1. The normalized spacial score (nSPS) is 27.1. The molecule has 2 aliphatic heterocycles. The van der Waals surface area contributed by atoms with Crippen LogP contribution in [0, 0.1) is 0 Å². The Kier molecular flexibility index (Phi) is 2.71. The van der Waals surface area contributed by atoms with E-state index in [-0.39, 0.29) is 11.3 Å². The average Bonchev–Trinajstić information content (AvgIpc) is 2.63. The van der Waals surface area contributed by atoms with Gasteiger partial charge in [0.2, 0.25) is 0 Å². The van der Waals surface area contributed by atoms with Crippen molar-refractivity contribution in [3.05, 3.63) is 47.7 Å². The molecule has 2 heterocycles. The molecule has 0 bridgehead atoms. The summed E-state index contributed by atoms with van der Waals surface area (Å²) in [6, 6.07) is 10.3. The van der Waals surface area contributed by atoms with Crippen LogP contribution in [0.4, 0.5) is 0 Å². The van der Waals surface area contributed by atoms with E-state index in [4.69, 9.17) is 0 Å². The molecule has 1 atom stereocenters. The van der Waals surface area contributed by atoms with Crippen molar-refractivity contribution < 1.29 is 4.79 Å². The standard InChI is InChI=1S/C15H18N2O/c1-12-9-14(18)15(11-16-7-8-17(12)15)10-13-5-3-2-4-6-13/h2-6,9,16H,7-8,10-11H2,1H3. The van der Waals surface area contributed by atoms with Gasteiger partial charge < -0.3 is 10.2 Å². The zero-order valence-electron chi connectivity index (χ0n) is 10.6. The van der Waals surface area contributed by atoms with Crippen LogP contribution in [-0.2, 0) is 11.2 Å². The van der Waals surface area contributed by atoms with Gasteiger partial charge in [0.15, 0.2) is 5.78 Å². The Morgan fingerprint density at radius 3 is 2.89 bits per heavy atom. The van der Waals surface area contributed by atoms with Crippen LogP contribution in [0.1, 0.15) is 12.5 Å². The Labute approximate surface area is 107 Å². The van der Waals surface area contributed by atoms with Crippen LogP contribution >= 0.6 is 0 Å². The van der Waals surface area contributed by atoms with Crippen molar-refractivity contribution in [3.8, 4) is 0 Å². The SMILES string of the molecule is CC1=CC(=O)C2(Cc3ccccc3)CNCCN12. The molecule has 0 amide bonds. The predicted octanol–water partition coefficient (Wildman–Crippen LogP) is 1.36. The molecule has 18 heavy (non-hydrogen) atoms. The number of nitrogens with one attached hydrogen (secondary N) is 1. The fourth-order valence-corrected chi connectivity index (χ4v) is 3.11. The van der Waals surface area contributed by atoms with Crippen molar-refractivity contribution in [2.45, 2.75) is 18.9 Å². The number of carbonyl (C=O) groups excluding carboxylic acids is 1. The Morgan fingerprint density at radius 1 is 1.33 bits per heavy atom. The molecular weight excluding hydrogens is 224 g/mol. The van der Waals surface area contributed by atoms with Gasteiger partial charge in [-0.3, -0.25) is 4.79 Å². The van der Waals surface area contributed by atoms with E-state index in [1.165, 1.54) is 5.56 Å². The second kappa shape index (κ2) is 4.25. The summed E-state index contributed by atoms with van der Waals surface area (Å²) in [7, 11) is 0. The van der Waals surface area contributed by atoms with Crippen molar-refractivity contribution in [2.75, 3.05) is 19.6 Å². The van der Waals surface area contributed by atoms with Gasteiger partial charge >= 0.3 is 0 Å². The van der Waals surface area contributed by atoms with Crippen LogP contribution in [0.2, 0.25) is 0 Å². The van der Waals surface area contributed by atoms with Gasteiger partial charge in [-0.15, -0.1) is 0 Å². The van der Waals surface area contributed by atoms with E-state index in [2.05, 4.69) is 22.3 Å². The second-order valence-electron chi connectivity index (χ2n) is 5.17. The summed E-state index contributed by atoms with van der Waals surface area (Å²) < 4.78 is 0. The quantitative estimate of drug-likeness (QED) is 0.850. The minimum atomic E-state index is -0.385. The molecule has 94 valence electrons. The van der Waals surface area contributed by atoms with Crippen LogP contribution in [0.15, 0.2) is 42.1 Å². The van der Waals surface area contributed by atoms with Crippen LogP contribution < -0.4 is 5.32 Å². The first-order chi connectivity index (χ1) is 8.72. The topological polar surface area (TPSA) is 32.3 Å². The number of allylic oxidation sites excluding steroid dienone is 1. The predicted molar refractivity (Wildman–Crippen MR) is 71.2 cm³/mol. The van der Waals surface area contributed by atoms with Crippen molar-refractivity contribution in [3.63, 3.8) is 0 Å². The third-order valence-electron chi connectivity index (χ3n) is 4.01. The molecule has 3 nitrogen and oxygen atoms in total. The summed E-state index contributed by atoms with van der Waals surface area (Å²) >= 11 is 0. The summed E-state index contributed by atoms with van der Waals surface area (Å²) in [6.07, 6.45) is 2.59. The summed E-state index contributed by atoms with van der Waals surface area (Å²) in [4.78, 5) is 14.7. The number of hydrogen-bond donors (Lipinski definition) is 1. The largest absolute Gasteiger partial charge is 0.359 e. The number of benzene rings is 1. The van der Waals surface area contributed by atoms with Gasteiger partial charge in [0.1, 0.15) is 5.54 Å². The highest BCUT2D eigenvalue weighted by Crippen LogP contribution is 2.33. The minimum absolute atomic E-state index is 0.246. The minimum Gasteiger partial charge on any atom is -0.359 e. The van der Waals surface area contributed by atoms with E-state index in [1.54, 1.807) is 6.08 Å². The smallest absolute Gasteiger partial charge is 0.184 e. The van der Waals surface area contributed by atoms with E-state index < -0.39 is 0 Å². The molecule has 1 N–H and O–H groups in total. The summed E-state index contributed by atoms with van der Waals surface area (Å²) in [6.45, 7) is 4.65. The van der Waals surface area contributed by atoms with Crippen LogP contribution in [-0.4, -0.2) is 35.9 Å².